The van der Waals surface area contributed by atoms with E-state index in [9.17, 15) is 10.2 Å². The Morgan fingerprint density at radius 2 is 1.87 bits per heavy atom. The van der Waals surface area contributed by atoms with E-state index in [1.807, 2.05) is 6.07 Å². The minimum atomic E-state index is -0.871. The van der Waals surface area contributed by atoms with Crippen molar-refractivity contribution < 1.29 is 14.9 Å². The van der Waals surface area contributed by atoms with Crippen molar-refractivity contribution in [3.05, 3.63) is 58.7 Å². The fourth-order valence-electron chi connectivity index (χ4n) is 4.39. The quantitative estimate of drug-likeness (QED) is 0.387. The molecule has 23 heavy (non-hydrogen) atoms. The molecule has 0 bridgehead atoms. The summed E-state index contributed by atoms with van der Waals surface area (Å²) in [6, 6.07) is 12.6. The van der Waals surface area contributed by atoms with Crippen molar-refractivity contribution in [1.29, 1.82) is 0 Å². The molecule has 3 nitrogen and oxygen atoms in total. The molecule has 3 heteroatoms. The van der Waals surface area contributed by atoms with Crippen molar-refractivity contribution in [2.75, 3.05) is 0 Å². The van der Waals surface area contributed by atoms with Crippen LogP contribution in [0.2, 0.25) is 0 Å². The molecule has 0 spiro atoms. The molecule has 3 aromatic carbocycles. The monoisotopic (exact) mass is 302 g/mol. The van der Waals surface area contributed by atoms with Gasteiger partial charge in [-0.05, 0) is 49.9 Å². The van der Waals surface area contributed by atoms with E-state index in [-0.39, 0.29) is 12.2 Å². The first kappa shape index (κ1) is 12.3. The molecule has 0 amide bonds. The van der Waals surface area contributed by atoms with Crippen LogP contribution < -0.4 is 0 Å². The lowest BCUT2D eigenvalue weighted by atomic mass is 9.83. The summed E-state index contributed by atoms with van der Waals surface area (Å²) in [6.45, 7) is 0. The van der Waals surface area contributed by atoms with Crippen LogP contribution in [-0.4, -0.2) is 22.4 Å². The van der Waals surface area contributed by atoms with Crippen LogP contribution >= 0.6 is 0 Å². The van der Waals surface area contributed by atoms with Crippen molar-refractivity contribution >= 4 is 33.7 Å². The fourth-order valence-corrected chi connectivity index (χ4v) is 4.39. The standard InChI is InChI=1S/C20H14O3/c21-17-13-7-6-11-12-5-4-9-2-1-3-10(15(9)12)8-14(11)16(13)19-20(23-19)18(17)22/h1-8,17-22H/t17-,18+,19+,20-/m1/s1. The van der Waals surface area contributed by atoms with Crippen LogP contribution in [0.4, 0.5) is 0 Å². The second-order valence-corrected chi connectivity index (χ2v) is 6.69. The summed E-state index contributed by atoms with van der Waals surface area (Å²) in [7, 11) is 0. The van der Waals surface area contributed by atoms with E-state index in [2.05, 4.69) is 42.5 Å². The number of rotatable bonds is 0. The number of aliphatic hydroxyl groups is 2. The zero-order chi connectivity index (χ0) is 15.3. The minimum absolute atomic E-state index is 0.0923. The molecular weight excluding hydrogens is 288 g/mol. The lowest BCUT2D eigenvalue weighted by Crippen LogP contribution is -2.29. The van der Waals surface area contributed by atoms with Gasteiger partial charge in [-0.3, -0.25) is 0 Å². The van der Waals surface area contributed by atoms with E-state index in [1.165, 1.54) is 27.3 Å². The molecule has 0 aromatic heterocycles. The predicted octanol–water partition coefficient (Wildman–Crippen LogP) is 3.32. The Morgan fingerprint density at radius 1 is 0.957 bits per heavy atom. The molecule has 3 aromatic rings. The van der Waals surface area contributed by atoms with Crippen LogP contribution in [0.25, 0.3) is 33.7 Å². The van der Waals surface area contributed by atoms with Crippen LogP contribution in [0.5, 0.6) is 0 Å². The molecule has 1 fully saturated rings. The second kappa shape index (κ2) is 3.82. The number of aliphatic hydroxyl groups excluding tert-OH is 2. The highest BCUT2D eigenvalue weighted by molar-refractivity contribution is 6.15. The summed E-state index contributed by atoms with van der Waals surface area (Å²) in [6.07, 6.45) is 2.27. The molecule has 4 atom stereocenters. The largest absolute Gasteiger partial charge is 0.387 e. The van der Waals surface area contributed by atoms with E-state index in [4.69, 9.17) is 4.74 Å². The van der Waals surface area contributed by atoms with Gasteiger partial charge in [0.05, 0.1) is 0 Å². The number of fused-ring (bicyclic) bond motifs is 6. The molecule has 0 saturated carbocycles. The highest BCUT2D eigenvalue weighted by Crippen LogP contribution is 2.53. The fraction of sp³-hybridized carbons (Fsp3) is 0.200. The van der Waals surface area contributed by atoms with Gasteiger partial charge in [-0.2, -0.15) is 0 Å². The molecular formula is C20H14O3. The first-order valence-electron chi connectivity index (χ1n) is 7.96. The number of ether oxygens (including phenoxy) is 1. The number of epoxide rings is 1. The van der Waals surface area contributed by atoms with Gasteiger partial charge in [0, 0.05) is 0 Å². The number of hydrogen-bond acceptors (Lipinski definition) is 3. The first-order valence-corrected chi connectivity index (χ1v) is 7.96. The maximum absolute atomic E-state index is 10.4. The molecule has 1 saturated heterocycles. The summed E-state index contributed by atoms with van der Waals surface area (Å²) < 4.78 is 5.67. The predicted molar refractivity (Wildman–Crippen MR) is 89.0 cm³/mol. The highest BCUT2D eigenvalue weighted by atomic mass is 16.6. The van der Waals surface area contributed by atoms with Crippen LogP contribution in [0, 0.1) is 0 Å². The SMILES string of the molecule is O[C@@H]1[C@H]2O[C@H]2c2c(ccc3c4c5c(cccc5cc23)C=C4)[C@H]1O. The van der Waals surface area contributed by atoms with E-state index in [0.29, 0.717) is 0 Å². The average molecular weight is 302 g/mol. The van der Waals surface area contributed by atoms with Crippen LogP contribution in [-0.2, 0) is 4.74 Å². The summed E-state index contributed by atoms with van der Waals surface area (Å²) in [4.78, 5) is 0. The van der Waals surface area contributed by atoms with Gasteiger partial charge in [0.25, 0.3) is 0 Å². The lowest BCUT2D eigenvalue weighted by molar-refractivity contribution is 0.000106. The highest BCUT2D eigenvalue weighted by Gasteiger charge is 2.54. The van der Waals surface area contributed by atoms with Crippen LogP contribution in [0.15, 0.2) is 36.4 Å². The summed E-state index contributed by atoms with van der Waals surface area (Å²) in [5.74, 6) is 0. The van der Waals surface area contributed by atoms with Gasteiger partial charge in [-0.1, -0.05) is 42.5 Å². The summed E-state index contributed by atoms with van der Waals surface area (Å²) in [5, 5.41) is 25.3. The van der Waals surface area contributed by atoms with E-state index >= 15 is 0 Å². The Balaban J connectivity index is 1.79. The Bertz CT molecular complexity index is 1050. The number of hydrogen-bond donors (Lipinski definition) is 2. The van der Waals surface area contributed by atoms with Crippen molar-refractivity contribution in [1.82, 2.24) is 0 Å². The molecule has 1 aliphatic heterocycles. The first-order chi connectivity index (χ1) is 11.2. The average Bonchev–Trinajstić information content (AvgIpc) is 3.25. The maximum Gasteiger partial charge on any atom is 0.118 e. The molecule has 2 aliphatic carbocycles. The van der Waals surface area contributed by atoms with E-state index in [1.54, 1.807) is 0 Å². The van der Waals surface area contributed by atoms with Gasteiger partial charge in [0.1, 0.15) is 24.4 Å². The van der Waals surface area contributed by atoms with Crippen molar-refractivity contribution in [3.8, 4) is 0 Å². The summed E-state index contributed by atoms with van der Waals surface area (Å²) in [5.41, 5.74) is 4.35. The van der Waals surface area contributed by atoms with Crippen molar-refractivity contribution in [3.63, 3.8) is 0 Å². The Kier molecular flexibility index (Phi) is 2.03. The van der Waals surface area contributed by atoms with Gasteiger partial charge >= 0.3 is 0 Å². The second-order valence-electron chi connectivity index (χ2n) is 6.69. The van der Waals surface area contributed by atoms with Gasteiger partial charge in [0.2, 0.25) is 0 Å². The lowest BCUT2D eigenvalue weighted by Gasteiger charge is -2.25. The van der Waals surface area contributed by atoms with Gasteiger partial charge in [-0.25, -0.2) is 0 Å². The molecule has 0 radical (unpaired) electrons. The smallest absolute Gasteiger partial charge is 0.118 e. The summed E-state index contributed by atoms with van der Waals surface area (Å²) >= 11 is 0. The van der Waals surface area contributed by atoms with Crippen molar-refractivity contribution in [2.24, 2.45) is 0 Å². The Hall–Kier alpha value is -2.20. The third-order valence-electron chi connectivity index (χ3n) is 5.53. The minimum Gasteiger partial charge on any atom is -0.387 e. The normalized spacial score (nSPS) is 29.8. The molecule has 3 aliphatic rings. The Morgan fingerprint density at radius 3 is 2.78 bits per heavy atom. The molecule has 0 unspecified atom stereocenters. The molecule has 1 heterocycles. The van der Waals surface area contributed by atoms with Gasteiger partial charge in [-0.15, -0.1) is 0 Å². The number of benzene rings is 3. The Labute approximate surface area is 132 Å². The van der Waals surface area contributed by atoms with E-state index in [0.717, 1.165) is 16.5 Å². The van der Waals surface area contributed by atoms with Gasteiger partial charge < -0.3 is 14.9 Å². The maximum atomic E-state index is 10.4. The van der Waals surface area contributed by atoms with E-state index < -0.39 is 12.2 Å². The topological polar surface area (TPSA) is 53.0 Å². The van der Waals surface area contributed by atoms with Gasteiger partial charge in [0.15, 0.2) is 0 Å². The van der Waals surface area contributed by atoms with Crippen LogP contribution in [0.1, 0.15) is 34.5 Å². The zero-order valence-corrected chi connectivity index (χ0v) is 12.2. The van der Waals surface area contributed by atoms with Crippen molar-refractivity contribution in [2.45, 2.75) is 24.4 Å². The third-order valence-corrected chi connectivity index (χ3v) is 5.53. The molecule has 112 valence electrons. The van der Waals surface area contributed by atoms with Crippen LogP contribution in [0.3, 0.4) is 0 Å². The molecule has 6 rings (SSSR count). The third kappa shape index (κ3) is 1.36. The molecule has 2 N–H and O–H groups in total. The zero-order valence-electron chi connectivity index (χ0n) is 12.2.